The van der Waals surface area contributed by atoms with Crippen molar-refractivity contribution in [3.05, 3.63) is 35.9 Å². The quantitative estimate of drug-likeness (QED) is 0.895. The van der Waals surface area contributed by atoms with Gasteiger partial charge in [0, 0.05) is 25.6 Å². The average molecular weight is 319 g/mol. The van der Waals surface area contributed by atoms with Crippen molar-refractivity contribution in [3.8, 4) is 0 Å². The third kappa shape index (κ3) is 3.74. The summed E-state index contributed by atoms with van der Waals surface area (Å²) in [5.74, 6) is 0.0745. The van der Waals surface area contributed by atoms with E-state index in [2.05, 4.69) is 0 Å². The van der Waals surface area contributed by atoms with Crippen molar-refractivity contribution in [2.24, 2.45) is 5.92 Å². The van der Waals surface area contributed by atoms with Crippen molar-refractivity contribution < 1.29 is 19.4 Å². The Morgan fingerprint density at radius 3 is 2.87 bits per heavy atom. The lowest BCUT2D eigenvalue weighted by molar-refractivity contribution is -0.156. The standard InChI is InChI=1S/C18H25NO4/c1-22-12-18(21)19(10-13-5-3-2-4-6-13)16-8-7-14-9-15(16)17(20)11-23-14/h2-6,14-17,20H,7-12H2,1H3/t14-,15+,16-,17+/m1/s1. The Morgan fingerprint density at radius 2 is 2.13 bits per heavy atom. The molecule has 5 heteroatoms. The van der Waals surface area contributed by atoms with Gasteiger partial charge in [0.15, 0.2) is 0 Å². The predicted molar refractivity (Wildman–Crippen MR) is 85.7 cm³/mol. The Kier molecular flexibility index (Phi) is 5.30. The summed E-state index contributed by atoms with van der Waals surface area (Å²) in [6, 6.07) is 10.0. The average Bonchev–Trinajstić information content (AvgIpc) is 2.58. The molecular formula is C18H25NO4. The third-order valence-corrected chi connectivity index (χ3v) is 4.99. The van der Waals surface area contributed by atoms with Crippen LogP contribution in [0.4, 0.5) is 0 Å². The minimum Gasteiger partial charge on any atom is -0.390 e. The second kappa shape index (κ2) is 7.43. The van der Waals surface area contributed by atoms with E-state index in [1.165, 1.54) is 0 Å². The zero-order valence-corrected chi connectivity index (χ0v) is 13.6. The first-order valence-corrected chi connectivity index (χ1v) is 8.31. The number of aliphatic hydroxyl groups is 1. The summed E-state index contributed by atoms with van der Waals surface area (Å²) in [6.45, 7) is 1.01. The van der Waals surface area contributed by atoms with E-state index >= 15 is 0 Å². The summed E-state index contributed by atoms with van der Waals surface area (Å²) in [7, 11) is 1.54. The van der Waals surface area contributed by atoms with E-state index in [0.717, 1.165) is 24.8 Å². The van der Waals surface area contributed by atoms with E-state index in [-0.39, 0.29) is 30.6 Å². The minimum atomic E-state index is -0.495. The van der Waals surface area contributed by atoms with Gasteiger partial charge < -0.3 is 19.5 Å². The van der Waals surface area contributed by atoms with Crippen LogP contribution in [0.3, 0.4) is 0 Å². The predicted octanol–water partition coefficient (Wildman–Crippen LogP) is 1.59. The lowest BCUT2D eigenvalue weighted by Gasteiger charge is -2.47. The number of carbonyl (C=O) groups excluding carboxylic acids is 1. The molecule has 126 valence electrons. The molecule has 3 rings (SSSR count). The number of aliphatic hydroxyl groups excluding tert-OH is 1. The zero-order chi connectivity index (χ0) is 16.2. The summed E-state index contributed by atoms with van der Waals surface area (Å²) in [5, 5.41) is 10.3. The largest absolute Gasteiger partial charge is 0.390 e. The molecule has 1 amide bonds. The fourth-order valence-corrected chi connectivity index (χ4v) is 3.84. The van der Waals surface area contributed by atoms with Gasteiger partial charge in [-0.25, -0.2) is 0 Å². The topological polar surface area (TPSA) is 59.0 Å². The molecular weight excluding hydrogens is 294 g/mol. The lowest BCUT2D eigenvalue weighted by Crippen LogP contribution is -2.55. The van der Waals surface area contributed by atoms with Gasteiger partial charge in [-0.3, -0.25) is 4.79 Å². The summed E-state index contributed by atoms with van der Waals surface area (Å²) >= 11 is 0. The van der Waals surface area contributed by atoms with Gasteiger partial charge in [0.25, 0.3) is 0 Å². The van der Waals surface area contributed by atoms with E-state index in [4.69, 9.17) is 9.47 Å². The first-order chi connectivity index (χ1) is 11.2. The molecule has 1 aliphatic carbocycles. The van der Waals surface area contributed by atoms with E-state index in [1.807, 2.05) is 35.2 Å². The zero-order valence-electron chi connectivity index (χ0n) is 13.6. The highest BCUT2D eigenvalue weighted by molar-refractivity contribution is 5.77. The second-order valence-electron chi connectivity index (χ2n) is 6.51. The van der Waals surface area contributed by atoms with Gasteiger partial charge in [-0.2, -0.15) is 0 Å². The van der Waals surface area contributed by atoms with E-state index in [0.29, 0.717) is 13.2 Å². The molecule has 1 aliphatic heterocycles. The fourth-order valence-electron chi connectivity index (χ4n) is 3.84. The minimum absolute atomic E-state index is 0.0153. The molecule has 1 saturated heterocycles. The highest BCUT2D eigenvalue weighted by Crippen LogP contribution is 2.37. The molecule has 2 aliphatic rings. The molecule has 5 nitrogen and oxygen atoms in total. The van der Waals surface area contributed by atoms with Crippen LogP contribution in [0.15, 0.2) is 30.3 Å². The van der Waals surface area contributed by atoms with Gasteiger partial charge in [-0.05, 0) is 24.8 Å². The van der Waals surface area contributed by atoms with Crippen molar-refractivity contribution in [3.63, 3.8) is 0 Å². The molecule has 1 N–H and O–H groups in total. The van der Waals surface area contributed by atoms with Crippen LogP contribution in [-0.4, -0.2) is 54.5 Å². The number of carbonyl (C=O) groups is 1. The van der Waals surface area contributed by atoms with E-state index in [9.17, 15) is 9.90 Å². The molecule has 1 aromatic carbocycles. The van der Waals surface area contributed by atoms with Gasteiger partial charge in [-0.15, -0.1) is 0 Å². The van der Waals surface area contributed by atoms with Crippen molar-refractivity contribution in [1.29, 1.82) is 0 Å². The van der Waals surface area contributed by atoms with Crippen LogP contribution < -0.4 is 0 Å². The van der Waals surface area contributed by atoms with Crippen molar-refractivity contribution in [2.45, 2.75) is 44.1 Å². The Hall–Kier alpha value is -1.43. The van der Waals surface area contributed by atoms with Crippen LogP contribution >= 0.6 is 0 Å². The summed E-state index contributed by atoms with van der Waals surface area (Å²) in [4.78, 5) is 14.5. The summed E-state index contributed by atoms with van der Waals surface area (Å²) in [5.41, 5.74) is 1.10. The van der Waals surface area contributed by atoms with Gasteiger partial charge in [0.1, 0.15) is 6.61 Å². The van der Waals surface area contributed by atoms with Crippen molar-refractivity contribution >= 4 is 5.91 Å². The molecule has 0 radical (unpaired) electrons. The first-order valence-electron chi connectivity index (χ1n) is 8.31. The summed E-state index contributed by atoms with van der Waals surface area (Å²) < 4.78 is 10.7. The number of amides is 1. The highest BCUT2D eigenvalue weighted by atomic mass is 16.5. The van der Waals surface area contributed by atoms with Gasteiger partial charge in [0.05, 0.1) is 18.8 Å². The van der Waals surface area contributed by atoms with E-state index in [1.54, 1.807) is 7.11 Å². The molecule has 2 bridgehead atoms. The first kappa shape index (κ1) is 16.4. The van der Waals surface area contributed by atoms with Gasteiger partial charge in [0.2, 0.25) is 5.91 Å². The smallest absolute Gasteiger partial charge is 0.249 e. The molecule has 1 aromatic rings. The van der Waals surface area contributed by atoms with Crippen LogP contribution in [-0.2, 0) is 20.8 Å². The molecule has 23 heavy (non-hydrogen) atoms. The van der Waals surface area contributed by atoms with Crippen LogP contribution in [0.5, 0.6) is 0 Å². The van der Waals surface area contributed by atoms with Crippen LogP contribution in [0.25, 0.3) is 0 Å². The lowest BCUT2D eigenvalue weighted by atomic mass is 9.77. The van der Waals surface area contributed by atoms with Crippen LogP contribution in [0.1, 0.15) is 24.8 Å². The number of hydrogen-bond donors (Lipinski definition) is 1. The number of benzene rings is 1. The molecule has 2 fully saturated rings. The number of fused-ring (bicyclic) bond motifs is 2. The molecule has 0 unspecified atom stereocenters. The van der Waals surface area contributed by atoms with Gasteiger partial charge >= 0.3 is 0 Å². The van der Waals surface area contributed by atoms with Crippen molar-refractivity contribution in [1.82, 2.24) is 4.90 Å². The fraction of sp³-hybridized carbons (Fsp3) is 0.611. The van der Waals surface area contributed by atoms with Crippen LogP contribution in [0, 0.1) is 5.92 Å². The van der Waals surface area contributed by atoms with Crippen LogP contribution in [0.2, 0.25) is 0 Å². The third-order valence-electron chi connectivity index (χ3n) is 4.99. The molecule has 0 spiro atoms. The second-order valence-corrected chi connectivity index (χ2v) is 6.51. The monoisotopic (exact) mass is 319 g/mol. The molecule has 0 aromatic heterocycles. The maximum atomic E-state index is 12.6. The maximum Gasteiger partial charge on any atom is 0.249 e. The summed E-state index contributed by atoms with van der Waals surface area (Å²) in [6.07, 6.45) is 2.38. The van der Waals surface area contributed by atoms with Crippen molar-refractivity contribution in [2.75, 3.05) is 20.3 Å². The maximum absolute atomic E-state index is 12.6. The van der Waals surface area contributed by atoms with Gasteiger partial charge in [-0.1, -0.05) is 30.3 Å². The number of hydrogen-bond acceptors (Lipinski definition) is 4. The number of methoxy groups -OCH3 is 1. The molecule has 1 heterocycles. The Balaban J connectivity index is 1.80. The van der Waals surface area contributed by atoms with E-state index < -0.39 is 6.10 Å². The highest BCUT2D eigenvalue weighted by Gasteiger charge is 2.43. The number of rotatable bonds is 5. The number of nitrogens with zero attached hydrogens (tertiary/aromatic N) is 1. The molecule has 1 saturated carbocycles. The molecule has 4 atom stereocenters. The Bertz CT molecular complexity index is 521. The Labute approximate surface area is 137 Å². The number of ether oxygens (including phenoxy) is 2. The Morgan fingerprint density at radius 1 is 1.35 bits per heavy atom. The SMILES string of the molecule is COCC(=O)N(Cc1ccccc1)[C@@H]1CC[C@@H]2C[C@@H]1[C@@H](O)CO2. The normalized spacial score (nSPS) is 30.0.